The van der Waals surface area contributed by atoms with Crippen molar-refractivity contribution in [3.63, 3.8) is 0 Å². The highest BCUT2D eigenvalue weighted by Gasteiger charge is 2.60. The molecular weight excluding hydrogens is 871 g/mol. The van der Waals surface area contributed by atoms with Crippen LogP contribution in [0.25, 0.3) is 0 Å². The number of carbonyl (C=O) groups is 2. The fourth-order valence-corrected chi connectivity index (χ4v) is 10.9. The number of hydrogen-bond donors (Lipinski definition) is 3. The van der Waals surface area contributed by atoms with E-state index in [1.54, 1.807) is 33.3 Å². The van der Waals surface area contributed by atoms with Crippen molar-refractivity contribution in [3.05, 3.63) is 59.3 Å². The molecule has 0 aromatic carbocycles. The van der Waals surface area contributed by atoms with Crippen LogP contribution in [0.4, 0.5) is 4.79 Å². The summed E-state index contributed by atoms with van der Waals surface area (Å²) < 4.78 is 68.9. The number of carbonyl (C=O) groups excluding carboxylic acids is 2. The first kappa shape index (κ1) is 51.8. The number of nitrogens with one attached hydrogen (secondary N) is 1. The van der Waals surface area contributed by atoms with E-state index in [4.69, 9.17) is 52.2 Å². The molecule has 0 radical (unpaired) electrons. The lowest BCUT2D eigenvalue weighted by Gasteiger charge is -2.48. The Morgan fingerprint density at radius 1 is 0.910 bits per heavy atom. The lowest BCUT2D eigenvalue weighted by molar-refractivity contribution is -0.323. The third-order valence-corrected chi connectivity index (χ3v) is 14.9. The van der Waals surface area contributed by atoms with E-state index < -0.39 is 109 Å². The number of amides is 1. The van der Waals surface area contributed by atoms with Crippen LogP contribution in [-0.4, -0.2) is 147 Å². The highest BCUT2D eigenvalue weighted by Crippen LogP contribution is 2.47. The molecule has 1 aliphatic carbocycles. The Morgan fingerprint density at radius 2 is 1.60 bits per heavy atom. The number of fused-ring (bicyclic) bond motifs is 2. The van der Waals surface area contributed by atoms with Crippen molar-refractivity contribution >= 4 is 12.1 Å². The number of aliphatic hydroxyl groups excluding tert-OH is 1. The minimum absolute atomic E-state index is 0.0182. The van der Waals surface area contributed by atoms with E-state index in [0.717, 1.165) is 12.0 Å². The molecule has 1 amide bonds. The highest BCUT2D eigenvalue weighted by atomic mass is 16.8. The molecule has 0 saturated carbocycles. The summed E-state index contributed by atoms with van der Waals surface area (Å²) in [6.45, 7) is 16.0. The van der Waals surface area contributed by atoms with Crippen molar-refractivity contribution in [1.82, 2.24) is 5.48 Å². The van der Waals surface area contributed by atoms with Crippen molar-refractivity contribution in [2.24, 2.45) is 23.7 Å². The first-order valence-electron chi connectivity index (χ1n) is 24.1. The number of ether oxygens (including phenoxy) is 11. The maximum atomic E-state index is 14.4. The number of methoxy groups -OCH3 is 3. The maximum Gasteiger partial charge on any atom is 0.431 e. The lowest BCUT2D eigenvalue weighted by Crippen LogP contribution is -2.58. The summed E-state index contributed by atoms with van der Waals surface area (Å²) in [6, 6.07) is 0. The molecule has 1 spiro atoms. The molecule has 3 N–H and O–H groups in total. The van der Waals surface area contributed by atoms with E-state index in [1.807, 2.05) is 39.0 Å². The summed E-state index contributed by atoms with van der Waals surface area (Å²) in [5.41, 5.74) is 2.34. The maximum absolute atomic E-state index is 14.4. The molecule has 6 aliphatic heterocycles. The second-order valence-electron chi connectivity index (χ2n) is 19.6. The second-order valence-corrected chi connectivity index (χ2v) is 19.6. The van der Waals surface area contributed by atoms with Crippen molar-refractivity contribution in [3.8, 4) is 0 Å². The van der Waals surface area contributed by atoms with Gasteiger partial charge in [0.05, 0.1) is 56.4 Å². The summed E-state index contributed by atoms with van der Waals surface area (Å²) in [5.74, 6) is -2.65. The number of aliphatic hydroxyl groups is 2. The van der Waals surface area contributed by atoms with Crippen LogP contribution in [0.15, 0.2) is 59.3 Å². The van der Waals surface area contributed by atoms with Gasteiger partial charge in [-0.1, -0.05) is 70.6 Å². The van der Waals surface area contributed by atoms with Gasteiger partial charge in [0.1, 0.15) is 42.0 Å². The summed E-state index contributed by atoms with van der Waals surface area (Å²) in [6.07, 6.45) is 7.31. The fourth-order valence-electron chi connectivity index (χ4n) is 10.9. The van der Waals surface area contributed by atoms with Gasteiger partial charge in [0.15, 0.2) is 18.4 Å². The predicted octanol–water partition coefficient (Wildman–Crippen LogP) is 5.67. The number of allylic oxidation sites excluding steroid dienone is 2. The Hall–Kier alpha value is -3.04. The molecule has 1 unspecified atom stereocenters. The molecular formula is C50H75NO16. The third-order valence-electron chi connectivity index (χ3n) is 14.9. The molecule has 17 heteroatoms. The second kappa shape index (κ2) is 21.9. The van der Waals surface area contributed by atoms with Gasteiger partial charge in [-0.05, 0) is 62.8 Å². The zero-order valence-corrected chi connectivity index (χ0v) is 41.0. The van der Waals surface area contributed by atoms with Crippen LogP contribution >= 0.6 is 0 Å². The third kappa shape index (κ3) is 11.1. The van der Waals surface area contributed by atoms with Gasteiger partial charge in [0.25, 0.3) is 0 Å². The fraction of sp³-hybridized carbons (Fsp3) is 0.760. The molecule has 4 saturated heterocycles. The molecule has 17 nitrogen and oxygen atoms in total. The Labute approximate surface area is 395 Å². The molecule has 7 rings (SSSR count). The molecule has 6 heterocycles. The van der Waals surface area contributed by atoms with Crippen LogP contribution in [-0.2, 0) is 61.7 Å². The quantitative estimate of drug-likeness (QED) is 0.137. The van der Waals surface area contributed by atoms with Gasteiger partial charge in [-0.15, -0.1) is 0 Å². The van der Waals surface area contributed by atoms with Gasteiger partial charge in [0, 0.05) is 51.7 Å². The topological polar surface area (TPSA) is 197 Å². The van der Waals surface area contributed by atoms with E-state index >= 15 is 0 Å². The normalized spacial score (nSPS) is 44.2. The molecule has 4 fully saturated rings. The van der Waals surface area contributed by atoms with Crippen molar-refractivity contribution < 1.29 is 76.7 Å². The first-order chi connectivity index (χ1) is 31.9. The lowest BCUT2D eigenvalue weighted by atomic mass is 9.71. The van der Waals surface area contributed by atoms with Crippen molar-refractivity contribution in [2.75, 3.05) is 27.9 Å². The minimum atomic E-state index is -1.85. The van der Waals surface area contributed by atoms with E-state index in [2.05, 4.69) is 50.1 Å². The monoisotopic (exact) mass is 946 g/mol. The molecule has 0 aromatic rings. The number of rotatable bonds is 10. The molecule has 2 bridgehead atoms. The summed E-state index contributed by atoms with van der Waals surface area (Å²) in [7, 11) is 4.44. The van der Waals surface area contributed by atoms with Crippen LogP contribution in [0.5, 0.6) is 0 Å². The molecule has 7 aliphatic rings. The largest absolute Gasteiger partial charge is 0.462 e. The van der Waals surface area contributed by atoms with Crippen LogP contribution < -0.4 is 5.48 Å². The zero-order chi connectivity index (χ0) is 48.4. The number of hydroxylamine groups is 1. The Balaban J connectivity index is 1.14. The summed E-state index contributed by atoms with van der Waals surface area (Å²) >= 11 is 0. The molecule has 0 aromatic heterocycles. The van der Waals surface area contributed by atoms with Gasteiger partial charge in [0.2, 0.25) is 0 Å². The van der Waals surface area contributed by atoms with E-state index in [9.17, 15) is 19.8 Å². The Morgan fingerprint density at radius 3 is 2.28 bits per heavy atom. The van der Waals surface area contributed by atoms with Crippen LogP contribution in [0, 0.1) is 23.7 Å². The molecule has 67 heavy (non-hydrogen) atoms. The zero-order valence-electron chi connectivity index (χ0n) is 41.0. The van der Waals surface area contributed by atoms with E-state index in [1.165, 1.54) is 7.11 Å². The molecule has 376 valence electrons. The average molecular weight is 946 g/mol. The van der Waals surface area contributed by atoms with Gasteiger partial charge in [-0.3, -0.25) is 9.63 Å². The van der Waals surface area contributed by atoms with Gasteiger partial charge in [-0.25, -0.2) is 4.79 Å². The Bertz CT molecular complexity index is 1890. The van der Waals surface area contributed by atoms with Crippen molar-refractivity contribution in [2.45, 2.75) is 191 Å². The summed E-state index contributed by atoms with van der Waals surface area (Å²) in [5, 5.41) is 23.8. The van der Waals surface area contributed by atoms with Crippen molar-refractivity contribution in [1.29, 1.82) is 0 Å². The van der Waals surface area contributed by atoms with Crippen LogP contribution in [0.1, 0.15) is 93.9 Å². The first-order valence-corrected chi connectivity index (χ1v) is 24.1. The van der Waals surface area contributed by atoms with E-state index in [0.29, 0.717) is 36.8 Å². The standard InChI is InChI=1S/C50H75NO16/c1-12-26(2)43-29(5)18-19-49(66-43)24-35-21-34(65-49)17-16-28(4)42(27(3)14-13-15-33-25-59-46-41(52)30(6)20-36(47(53)62-35)50(33,46)55)63-39-22-37(56-9)44(31(7)60-39)64-40-23-38(57-10)45(32(8)61-40)67-51-48(54)58-11/h13-16,18-20,26-27,29,31-32,34-46,52,55H,12,17,21-25H2,1-11H3,(H,51,54)/t26?,27-,29-,31-,32-,34+,35-,36-,37-,38-,39-,40-,41+,42-,43+,44-,45-,46+,49+,50+/m0/s1. The number of hydrogen-bond acceptors (Lipinski definition) is 16. The number of esters is 1. The summed E-state index contributed by atoms with van der Waals surface area (Å²) in [4.78, 5) is 31.6. The molecule has 20 atom stereocenters. The smallest absolute Gasteiger partial charge is 0.431 e. The van der Waals surface area contributed by atoms with Gasteiger partial charge >= 0.3 is 12.1 Å². The van der Waals surface area contributed by atoms with E-state index in [-0.39, 0.29) is 36.9 Å². The Kier molecular flexibility index (Phi) is 17.0. The van der Waals surface area contributed by atoms with Crippen LogP contribution in [0.3, 0.4) is 0 Å². The SMILES string of the molecule is CCC(C)[C@H]1O[C@]2(C=C[C@@H]1C)C[C@@H]1C[C@@H](CC=C(C)[C@@H](O[C@H]3C[C@H](OC)[C@@H](O[C@H]4C[C@H](OC)[C@@H](ONC(=O)OC)[C@H](C)O4)[C@H](C)O3)[C@@H](C)C=CC=C3CO[C@@H]4[C@H](O)C(C)=C[C@@H](C(=O)O1)[C@]34O)O2. The highest BCUT2D eigenvalue weighted by molar-refractivity contribution is 5.78. The van der Waals surface area contributed by atoms with Crippen LogP contribution in [0.2, 0.25) is 0 Å². The van der Waals surface area contributed by atoms with Gasteiger partial charge in [-0.2, -0.15) is 5.48 Å². The minimum Gasteiger partial charge on any atom is -0.462 e. The van der Waals surface area contributed by atoms with Gasteiger partial charge < -0.3 is 62.3 Å². The average Bonchev–Trinajstić information content (AvgIpc) is 3.64. The predicted molar refractivity (Wildman–Crippen MR) is 242 cm³/mol.